The molecule has 3 aromatic carbocycles. The summed E-state index contributed by atoms with van der Waals surface area (Å²) in [6.45, 7) is 5.70. The number of unbranched alkanes of at least 4 members (excludes halogenated alkanes) is 1. The van der Waals surface area contributed by atoms with Crippen molar-refractivity contribution in [3.05, 3.63) is 94.5 Å². The fourth-order valence-corrected chi connectivity index (χ4v) is 5.97. The van der Waals surface area contributed by atoms with Crippen molar-refractivity contribution in [3.8, 4) is 0 Å². The largest absolute Gasteiger partial charge is 0.354 e. The number of anilines is 1. The predicted octanol–water partition coefficient (Wildman–Crippen LogP) is 5.29. The van der Waals surface area contributed by atoms with Crippen LogP contribution < -0.4 is 9.62 Å². The monoisotopic (exact) mass is 599 g/mol. The highest BCUT2D eigenvalue weighted by Gasteiger charge is 2.33. The first kappa shape index (κ1) is 29.4. The molecule has 0 radical (unpaired) electrons. The van der Waals surface area contributed by atoms with Crippen molar-refractivity contribution in [2.24, 2.45) is 0 Å². The molecule has 0 saturated heterocycles. The molecule has 0 aliphatic rings. The highest BCUT2D eigenvalue weighted by Crippen LogP contribution is 2.27. The van der Waals surface area contributed by atoms with Crippen molar-refractivity contribution in [3.63, 3.8) is 0 Å². The third-order valence-electron chi connectivity index (χ3n) is 6.23. The van der Waals surface area contributed by atoms with Gasteiger partial charge in [-0.2, -0.15) is 0 Å². The molecule has 0 spiro atoms. The van der Waals surface area contributed by atoms with Crippen LogP contribution in [0.5, 0.6) is 0 Å². The van der Waals surface area contributed by atoms with Gasteiger partial charge in [0, 0.05) is 17.6 Å². The Labute approximate surface area is 234 Å². The summed E-state index contributed by atoms with van der Waals surface area (Å²) in [5, 5.41) is 2.89. The number of benzene rings is 3. The molecule has 0 unspecified atom stereocenters. The zero-order valence-electron chi connectivity index (χ0n) is 21.9. The first-order valence-corrected chi connectivity index (χ1v) is 14.8. The van der Waals surface area contributed by atoms with Crippen LogP contribution in [0.3, 0.4) is 0 Å². The van der Waals surface area contributed by atoms with Gasteiger partial charge in [0.05, 0.1) is 10.6 Å². The quantitative estimate of drug-likeness (QED) is 0.287. The number of hydrogen-bond acceptors (Lipinski definition) is 4. The molecule has 3 rings (SSSR count). The summed E-state index contributed by atoms with van der Waals surface area (Å²) < 4.78 is 29.6. The second kappa shape index (κ2) is 13.6. The van der Waals surface area contributed by atoms with Gasteiger partial charge in [-0.15, -0.1) is 0 Å². The number of sulfonamides is 1. The summed E-state index contributed by atoms with van der Waals surface area (Å²) in [6.07, 6.45) is 1.76. The number of aryl methyl sites for hydroxylation is 1. The first-order chi connectivity index (χ1) is 18.1. The van der Waals surface area contributed by atoms with E-state index >= 15 is 0 Å². The fourth-order valence-electron chi connectivity index (χ4n) is 4.03. The molecule has 1 N–H and O–H groups in total. The molecule has 0 aromatic heterocycles. The molecule has 7 nitrogen and oxygen atoms in total. The maximum atomic E-state index is 13.9. The van der Waals surface area contributed by atoms with Crippen molar-refractivity contribution >= 4 is 43.5 Å². The van der Waals surface area contributed by atoms with Crippen LogP contribution in [0, 0.1) is 6.92 Å². The van der Waals surface area contributed by atoms with Gasteiger partial charge in [0.15, 0.2) is 0 Å². The van der Waals surface area contributed by atoms with Gasteiger partial charge in [0.1, 0.15) is 12.6 Å². The van der Waals surface area contributed by atoms with Gasteiger partial charge < -0.3 is 10.2 Å². The van der Waals surface area contributed by atoms with E-state index < -0.39 is 28.5 Å². The molecule has 3 aromatic rings. The summed E-state index contributed by atoms with van der Waals surface area (Å²) in [7, 11) is -4.07. The van der Waals surface area contributed by atoms with Gasteiger partial charge in [-0.3, -0.25) is 13.9 Å². The Hall–Kier alpha value is -3.17. The van der Waals surface area contributed by atoms with Gasteiger partial charge in [-0.25, -0.2) is 8.42 Å². The smallest absolute Gasteiger partial charge is 0.264 e. The predicted molar refractivity (Wildman–Crippen MR) is 154 cm³/mol. The molecule has 0 aliphatic carbocycles. The van der Waals surface area contributed by atoms with Crippen molar-refractivity contribution in [1.29, 1.82) is 0 Å². The van der Waals surface area contributed by atoms with E-state index in [-0.39, 0.29) is 17.3 Å². The first-order valence-electron chi connectivity index (χ1n) is 12.6. The highest BCUT2D eigenvalue weighted by molar-refractivity contribution is 9.10. The van der Waals surface area contributed by atoms with Crippen molar-refractivity contribution < 1.29 is 18.0 Å². The Kier molecular flexibility index (Phi) is 10.5. The number of hydrogen-bond donors (Lipinski definition) is 1. The van der Waals surface area contributed by atoms with Crippen molar-refractivity contribution in [1.82, 2.24) is 10.2 Å². The minimum absolute atomic E-state index is 0.0833. The van der Waals surface area contributed by atoms with Crippen molar-refractivity contribution in [2.75, 3.05) is 17.4 Å². The zero-order valence-corrected chi connectivity index (χ0v) is 24.3. The third-order valence-corrected chi connectivity index (χ3v) is 8.50. The molecule has 0 fully saturated rings. The summed E-state index contributed by atoms with van der Waals surface area (Å²) in [4.78, 5) is 28.4. The summed E-state index contributed by atoms with van der Waals surface area (Å²) >= 11 is 3.46. The van der Waals surface area contributed by atoms with Gasteiger partial charge in [0.2, 0.25) is 11.8 Å². The average Bonchev–Trinajstić information content (AvgIpc) is 2.91. The van der Waals surface area contributed by atoms with Crippen LogP contribution >= 0.6 is 15.9 Å². The molecular formula is C29H34BrN3O4S. The SMILES string of the molecule is CCCCNC(=O)[C@H](C)N(Cc1cccc(Br)c1)C(=O)CN(c1ccccc1C)S(=O)(=O)c1ccccc1. The lowest BCUT2D eigenvalue weighted by Gasteiger charge is -2.32. The Balaban J connectivity index is 2.00. The van der Waals surface area contributed by atoms with E-state index in [9.17, 15) is 18.0 Å². The summed E-state index contributed by atoms with van der Waals surface area (Å²) in [5.74, 6) is -0.763. The minimum Gasteiger partial charge on any atom is -0.354 e. The molecule has 0 aliphatic heterocycles. The zero-order chi connectivity index (χ0) is 27.7. The number of halogens is 1. The topological polar surface area (TPSA) is 86.8 Å². The van der Waals surface area contributed by atoms with Gasteiger partial charge in [-0.05, 0) is 61.7 Å². The Morgan fingerprint density at radius 3 is 2.32 bits per heavy atom. The minimum atomic E-state index is -4.07. The molecule has 0 bridgehead atoms. The van der Waals surface area contributed by atoms with E-state index in [1.807, 2.05) is 37.3 Å². The molecular weight excluding hydrogens is 566 g/mol. The van der Waals surface area contributed by atoms with Crippen LogP contribution in [0.2, 0.25) is 0 Å². The number of carbonyl (C=O) groups excluding carboxylic acids is 2. The van der Waals surface area contributed by atoms with Crippen molar-refractivity contribution in [2.45, 2.75) is 51.1 Å². The van der Waals surface area contributed by atoms with Crippen LogP contribution in [-0.2, 0) is 26.2 Å². The van der Waals surface area contributed by atoms with Gasteiger partial charge in [-0.1, -0.05) is 77.8 Å². The van der Waals surface area contributed by atoms with E-state index in [2.05, 4.69) is 21.2 Å². The lowest BCUT2D eigenvalue weighted by molar-refractivity contribution is -0.139. The Morgan fingerprint density at radius 2 is 1.66 bits per heavy atom. The summed E-state index contributed by atoms with van der Waals surface area (Å²) in [5.41, 5.74) is 1.94. The van der Waals surface area contributed by atoms with Crippen LogP contribution in [0.15, 0.2) is 88.2 Å². The van der Waals surface area contributed by atoms with E-state index in [4.69, 9.17) is 0 Å². The highest BCUT2D eigenvalue weighted by atomic mass is 79.9. The molecule has 202 valence electrons. The van der Waals surface area contributed by atoms with E-state index in [0.717, 1.165) is 27.2 Å². The number of nitrogens with one attached hydrogen (secondary N) is 1. The molecule has 0 heterocycles. The second-order valence-corrected chi connectivity index (χ2v) is 11.9. The lowest BCUT2D eigenvalue weighted by atomic mass is 10.1. The molecule has 0 saturated carbocycles. The summed E-state index contributed by atoms with van der Waals surface area (Å²) in [6, 6.07) is 21.8. The molecule has 9 heteroatoms. The van der Waals surface area contributed by atoms with E-state index in [1.54, 1.807) is 50.2 Å². The number of carbonyl (C=O) groups is 2. The van der Waals surface area contributed by atoms with Crippen LogP contribution in [0.1, 0.15) is 37.8 Å². The standard InChI is InChI=1S/C29H34BrN3O4S/c1-4-5-18-31-29(35)23(3)32(20-24-13-11-14-25(30)19-24)28(34)21-33(27-17-10-9-12-22(27)2)38(36,37)26-15-7-6-8-16-26/h6-17,19,23H,4-5,18,20-21H2,1-3H3,(H,31,35)/t23-/m0/s1. The van der Waals surface area contributed by atoms with E-state index in [1.165, 1.54) is 17.0 Å². The van der Waals surface area contributed by atoms with Gasteiger partial charge >= 0.3 is 0 Å². The molecule has 2 amide bonds. The van der Waals surface area contributed by atoms with E-state index in [0.29, 0.717) is 17.8 Å². The Bertz CT molecular complexity index is 1350. The number of nitrogens with zero attached hydrogens (tertiary/aromatic N) is 2. The molecule has 38 heavy (non-hydrogen) atoms. The average molecular weight is 601 g/mol. The third kappa shape index (κ3) is 7.45. The Morgan fingerprint density at radius 1 is 0.974 bits per heavy atom. The lowest BCUT2D eigenvalue weighted by Crippen LogP contribution is -2.51. The maximum absolute atomic E-state index is 13.9. The molecule has 1 atom stereocenters. The maximum Gasteiger partial charge on any atom is 0.264 e. The van der Waals surface area contributed by atoms with Gasteiger partial charge in [0.25, 0.3) is 10.0 Å². The van der Waals surface area contributed by atoms with Crippen LogP contribution in [-0.4, -0.2) is 44.3 Å². The fraction of sp³-hybridized carbons (Fsp3) is 0.310. The van der Waals surface area contributed by atoms with Crippen LogP contribution in [0.25, 0.3) is 0 Å². The number of para-hydroxylation sites is 1. The second-order valence-electron chi connectivity index (χ2n) is 9.08. The number of amides is 2. The normalized spacial score (nSPS) is 12.0. The number of rotatable bonds is 12. The van der Waals surface area contributed by atoms with Crippen LogP contribution in [0.4, 0.5) is 5.69 Å².